The SMILES string of the molecule is COC(=O)CC(C)NC(=O)CCc1ccc(C(C)(C)C)cc1. The van der Waals surface area contributed by atoms with Crippen LogP contribution in [0.3, 0.4) is 0 Å². The van der Waals surface area contributed by atoms with Gasteiger partial charge in [0.15, 0.2) is 0 Å². The fourth-order valence-corrected chi connectivity index (χ4v) is 2.16. The van der Waals surface area contributed by atoms with E-state index in [4.69, 9.17) is 0 Å². The molecule has 0 saturated carbocycles. The zero-order valence-electron chi connectivity index (χ0n) is 14.2. The monoisotopic (exact) mass is 305 g/mol. The molecule has 0 aromatic heterocycles. The molecule has 1 rings (SSSR count). The van der Waals surface area contributed by atoms with Crippen LogP contribution in [0.15, 0.2) is 24.3 Å². The van der Waals surface area contributed by atoms with Gasteiger partial charge in [0.25, 0.3) is 0 Å². The molecular formula is C18H27NO3. The van der Waals surface area contributed by atoms with Gasteiger partial charge < -0.3 is 10.1 Å². The summed E-state index contributed by atoms with van der Waals surface area (Å²) in [5.74, 6) is -0.359. The first kappa shape index (κ1) is 18.2. The first-order valence-electron chi connectivity index (χ1n) is 7.68. The van der Waals surface area contributed by atoms with E-state index < -0.39 is 0 Å². The Morgan fingerprint density at radius 2 is 1.77 bits per heavy atom. The van der Waals surface area contributed by atoms with Gasteiger partial charge in [-0.1, -0.05) is 45.0 Å². The summed E-state index contributed by atoms with van der Waals surface area (Å²) in [6.07, 6.45) is 1.31. The molecule has 4 nitrogen and oxygen atoms in total. The topological polar surface area (TPSA) is 55.4 Å². The van der Waals surface area contributed by atoms with Crippen LogP contribution >= 0.6 is 0 Å². The van der Waals surface area contributed by atoms with Crippen LogP contribution in [0.2, 0.25) is 0 Å². The molecule has 0 aliphatic carbocycles. The number of ether oxygens (including phenoxy) is 1. The van der Waals surface area contributed by atoms with E-state index in [1.54, 1.807) is 6.92 Å². The van der Waals surface area contributed by atoms with E-state index in [2.05, 4.69) is 55.1 Å². The molecule has 122 valence electrons. The standard InChI is InChI=1S/C18H27NO3/c1-13(12-17(21)22-5)19-16(20)11-8-14-6-9-15(10-7-14)18(2,3)4/h6-7,9-10,13H,8,11-12H2,1-5H3,(H,19,20). The maximum atomic E-state index is 11.9. The number of benzene rings is 1. The highest BCUT2D eigenvalue weighted by molar-refractivity contribution is 5.77. The molecule has 0 fully saturated rings. The van der Waals surface area contributed by atoms with Crippen molar-refractivity contribution in [1.29, 1.82) is 0 Å². The summed E-state index contributed by atoms with van der Waals surface area (Å²) in [7, 11) is 1.35. The molecule has 1 amide bonds. The summed E-state index contributed by atoms with van der Waals surface area (Å²) < 4.78 is 4.58. The van der Waals surface area contributed by atoms with Crippen LogP contribution in [0, 0.1) is 0 Å². The van der Waals surface area contributed by atoms with Gasteiger partial charge in [0, 0.05) is 12.5 Å². The molecule has 1 unspecified atom stereocenters. The average Bonchev–Trinajstić information content (AvgIpc) is 2.44. The summed E-state index contributed by atoms with van der Waals surface area (Å²) in [5.41, 5.74) is 2.57. The van der Waals surface area contributed by atoms with Crippen molar-refractivity contribution in [3.8, 4) is 0 Å². The third-order valence-electron chi connectivity index (χ3n) is 3.57. The fraction of sp³-hybridized carbons (Fsp3) is 0.556. The van der Waals surface area contributed by atoms with Gasteiger partial charge in [-0.05, 0) is 29.9 Å². The number of esters is 1. The predicted octanol–water partition coefficient (Wildman–Crippen LogP) is 2.98. The number of rotatable bonds is 6. The van der Waals surface area contributed by atoms with E-state index in [1.807, 2.05) is 0 Å². The van der Waals surface area contributed by atoms with Gasteiger partial charge in [0.2, 0.25) is 5.91 Å². The Morgan fingerprint density at radius 3 is 2.27 bits per heavy atom. The minimum Gasteiger partial charge on any atom is -0.469 e. The van der Waals surface area contributed by atoms with Gasteiger partial charge in [-0.25, -0.2) is 0 Å². The highest BCUT2D eigenvalue weighted by Crippen LogP contribution is 2.22. The van der Waals surface area contributed by atoms with Crippen molar-refractivity contribution in [2.24, 2.45) is 0 Å². The molecule has 1 aromatic rings. The maximum Gasteiger partial charge on any atom is 0.307 e. The quantitative estimate of drug-likeness (QED) is 0.822. The Kier molecular flexibility index (Phi) is 6.60. The van der Waals surface area contributed by atoms with Crippen molar-refractivity contribution in [3.05, 3.63) is 35.4 Å². The highest BCUT2D eigenvalue weighted by Gasteiger charge is 2.14. The lowest BCUT2D eigenvalue weighted by atomic mass is 9.86. The second-order valence-corrected chi connectivity index (χ2v) is 6.70. The number of nitrogens with one attached hydrogen (secondary N) is 1. The number of carbonyl (C=O) groups is 2. The molecular weight excluding hydrogens is 278 g/mol. The van der Waals surface area contributed by atoms with Crippen LogP contribution in [0.4, 0.5) is 0 Å². The van der Waals surface area contributed by atoms with Crippen molar-refractivity contribution in [1.82, 2.24) is 5.32 Å². The number of hydrogen-bond acceptors (Lipinski definition) is 3. The van der Waals surface area contributed by atoms with E-state index in [1.165, 1.54) is 12.7 Å². The normalized spacial score (nSPS) is 12.6. The molecule has 0 aliphatic heterocycles. The second-order valence-electron chi connectivity index (χ2n) is 6.70. The van der Waals surface area contributed by atoms with Gasteiger partial charge in [0.05, 0.1) is 13.5 Å². The summed E-state index contributed by atoms with van der Waals surface area (Å²) >= 11 is 0. The molecule has 0 spiro atoms. The Morgan fingerprint density at radius 1 is 1.18 bits per heavy atom. The summed E-state index contributed by atoms with van der Waals surface area (Å²) in [4.78, 5) is 23.0. The van der Waals surface area contributed by atoms with Gasteiger partial charge in [-0.3, -0.25) is 9.59 Å². The lowest BCUT2D eigenvalue weighted by Gasteiger charge is -2.19. The van der Waals surface area contributed by atoms with Crippen LogP contribution in [0.25, 0.3) is 0 Å². The number of aryl methyl sites for hydroxylation is 1. The summed E-state index contributed by atoms with van der Waals surface area (Å²) in [5, 5.41) is 2.81. The molecule has 22 heavy (non-hydrogen) atoms. The van der Waals surface area contributed by atoms with Gasteiger partial charge in [-0.15, -0.1) is 0 Å². The van der Waals surface area contributed by atoms with Gasteiger partial charge >= 0.3 is 5.97 Å². The molecule has 0 heterocycles. The smallest absolute Gasteiger partial charge is 0.307 e. The number of carbonyl (C=O) groups excluding carboxylic acids is 2. The van der Waals surface area contributed by atoms with E-state index in [0.717, 1.165) is 5.56 Å². The van der Waals surface area contributed by atoms with Crippen LogP contribution in [-0.4, -0.2) is 25.0 Å². The van der Waals surface area contributed by atoms with E-state index in [-0.39, 0.29) is 29.8 Å². The van der Waals surface area contributed by atoms with E-state index in [9.17, 15) is 9.59 Å². The van der Waals surface area contributed by atoms with Crippen LogP contribution in [0.1, 0.15) is 51.7 Å². The molecule has 0 radical (unpaired) electrons. The minimum absolute atomic E-state index is 0.0451. The van der Waals surface area contributed by atoms with Crippen molar-refractivity contribution in [2.75, 3.05) is 7.11 Å². The first-order valence-corrected chi connectivity index (χ1v) is 7.68. The molecule has 4 heteroatoms. The lowest BCUT2D eigenvalue weighted by Crippen LogP contribution is -2.34. The second kappa shape index (κ2) is 7.97. The number of amides is 1. The van der Waals surface area contributed by atoms with Crippen LogP contribution in [-0.2, 0) is 26.2 Å². The van der Waals surface area contributed by atoms with Crippen LogP contribution < -0.4 is 5.32 Å². The van der Waals surface area contributed by atoms with Crippen molar-refractivity contribution in [3.63, 3.8) is 0 Å². The Balaban J connectivity index is 2.42. The zero-order valence-corrected chi connectivity index (χ0v) is 14.2. The predicted molar refractivity (Wildman–Crippen MR) is 87.7 cm³/mol. The number of hydrogen-bond donors (Lipinski definition) is 1. The Bertz CT molecular complexity index is 500. The molecule has 1 aromatic carbocycles. The molecule has 1 atom stereocenters. The average molecular weight is 305 g/mol. The Labute approximate surface area is 133 Å². The Hall–Kier alpha value is -1.84. The molecule has 1 N–H and O–H groups in total. The van der Waals surface area contributed by atoms with Crippen molar-refractivity contribution < 1.29 is 14.3 Å². The molecule has 0 bridgehead atoms. The third-order valence-corrected chi connectivity index (χ3v) is 3.57. The van der Waals surface area contributed by atoms with Gasteiger partial charge in [-0.2, -0.15) is 0 Å². The summed E-state index contributed by atoms with van der Waals surface area (Å²) in [6.45, 7) is 8.33. The van der Waals surface area contributed by atoms with Crippen LogP contribution in [0.5, 0.6) is 0 Å². The molecule has 0 saturated heterocycles. The third kappa shape index (κ3) is 6.29. The minimum atomic E-state index is -0.314. The summed E-state index contributed by atoms with van der Waals surface area (Å²) in [6, 6.07) is 8.18. The lowest BCUT2D eigenvalue weighted by molar-refractivity contribution is -0.141. The van der Waals surface area contributed by atoms with Gasteiger partial charge in [0.1, 0.15) is 0 Å². The van der Waals surface area contributed by atoms with E-state index in [0.29, 0.717) is 12.8 Å². The molecule has 0 aliphatic rings. The van der Waals surface area contributed by atoms with E-state index >= 15 is 0 Å². The maximum absolute atomic E-state index is 11.9. The fourth-order valence-electron chi connectivity index (χ4n) is 2.16. The largest absolute Gasteiger partial charge is 0.469 e. The van der Waals surface area contributed by atoms with Crippen molar-refractivity contribution in [2.45, 2.75) is 58.4 Å². The first-order chi connectivity index (χ1) is 10.2. The highest BCUT2D eigenvalue weighted by atomic mass is 16.5. The van der Waals surface area contributed by atoms with Crippen molar-refractivity contribution >= 4 is 11.9 Å². The number of methoxy groups -OCH3 is 1. The zero-order chi connectivity index (χ0) is 16.8.